The van der Waals surface area contributed by atoms with E-state index in [-0.39, 0.29) is 0 Å². The van der Waals surface area contributed by atoms with Gasteiger partial charge in [-0.05, 0) is 35.4 Å². The maximum atomic E-state index is 11.9. The van der Waals surface area contributed by atoms with Crippen LogP contribution >= 0.6 is 11.6 Å². The van der Waals surface area contributed by atoms with Crippen LogP contribution in [0.2, 0.25) is 5.02 Å². The summed E-state index contributed by atoms with van der Waals surface area (Å²) in [6.07, 6.45) is 4.96. The van der Waals surface area contributed by atoms with Gasteiger partial charge in [0.2, 0.25) is 0 Å². The minimum absolute atomic E-state index is 0.411. The summed E-state index contributed by atoms with van der Waals surface area (Å²) in [5.41, 5.74) is 1.95. The standard InChI is InChI=1S/C15H12ClNO2/c1-19-15(18)13(11-6-8-17-9-7-11)10-12-4-2-3-5-14(12)16/h2-10H,1H3. The molecule has 0 spiro atoms. The molecule has 0 N–H and O–H groups in total. The van der Waals surface area contributed by atoms with E-state index in [2.05, 4.69) is 4.98 Å². The predicted octanol–water partition coefficient (Wildman–Crippen LogP) is 3.45. The van der Waals surface area contributed by atoms with E-state index in [1.54, 1.807) is 36.7 Å². The third-order valence-electron chi connectivity index (χ3n) is 2.60. The Bertz CT molecular complexity index is 609. The fraction of sp³-hybridized carbons (Fsp3) is 0.0667. The summed E-state index contributed by atoms with van der Waals surface area (Å²) in [6.45, 7) is 0. The molecule has 96 valence electrons. The lowest BCUT2D eigenvalue weighted by Crippen LogP contribution is -2.04. The highest BCUT2D eigenvalue weighted by atomic mass is 35.5. The lowest BCUT2D eigenvalue weighted by Gasteiger charge is -2.06. The molecule has 0 atom stereocenters. The maximum Gasteiger partial charge on any atom is 0.338 e. The van der Waals surface area contributed by atoms with E-state index >= 15 is 0 Å². The molecule has 0 amide bonds. The Morgan fingerprint density at radius 3 is 2.53 bits per heavy atom. The second-order valence-electron chi connectivity index (χ2n) is 3.81. The highest BCUT2D eigenvalue weighted by Crippen LogP contribution is 2.23. The number of halogens is 1. The first-order valence-electron chi connectivity index (χ1n) is 5.67. The van der Waals surface area contributed by atoms with Gasteiger partial charge in [0.1, 0.15) is 0 Å². The average Bonchev–Trinajstić information content (AvgIpc) is 2.46. The molecule has 0 aliphatic heterocycles. The molecule has 0 aliphatic rings. The average molecular weight is 274 g/mol. The van der Waals surface area contributed by atoms with Gasteiger partial charge in [-0.1, -0.05) is 29.8 Å². The fourth-order valence-corrected chi connectivity index (χ4v) is 1.84. The van der Waals surface area contributed by atoms with Crippen molar-refractivity contribution in [2.24, 2.45) is 0 Å². The van der Waals surface area contributed by atoms with Gasteiger partial charge in [0, 0.05) is 17.4 Å². The summed E-state index contributed by atoms with van der Waals surface area (Å²) in [6, 6.07) is 10.8. The van der Waals surface area contributed by atoms with E-state index in [1.807, 2.05) is 18.2 Å². The third kappa shape index (κ3) is 3.20. The van der Waals surface area contributed by atoms with Crippen LogP contribution in [-0.4, -0.2) is 18.1 Å². The normalized spacial score (nSPS) is 11.2. The van der Waals surface area contributed by atoms with E-state index in [1.165, 1.54) is 7.11 Å². The molecule has 19 heavy (non-hydrogen) atoms. The molecule has 2 rings (SSSR count). The molecule has 0 bridgehead atoms. The molecule has 4 heteroatoms. The number of hydrogen-bond acceptors (Lipinski definition) is 3. The zero-order chi connectivity index (χ0) is 13.7. The quantitative estimate of drug-likeness (QED) is 0.635. The summed E-state index contributed by atoms with van der Waals surface area (Å²) in [5.74, 6) is -0.411. The molecule has 0 saturated carbocycles. The van der Waals surface area contributed by atoms with Gasteiger partial charge >= 0.3 is 5.97 Å². The van der Waals surface area contributed by atoms with Crippen LogP contribution in [0.25, 0.3) is 11.6 Å². The lowest BCUT2D eigenvalue weighted by molar-refractivity contribution is -0.133. The second kappa shape index (κ2) is 6.16. The summed E-state index contributed by atoms with van der Waals surface area (Å²) < 4.78 is 4.81. The van der Waals surface area contributed by atoms with Crippen molar-refractivity contribution in [1.82, 2.24) is 4.98 Å². The van der Waals surface area contributed by atoms with E-state index < -0.39 is 5.97 Å². The van der Waals surface area contributed by atoms with Crippen LogP contribution < -0.4 is 0 Å². The van der Waals surface area contributed by atoms with Crippen molar-refractivity contribution in [2.75, 3.05) is 7.11 Å². The van der Waals surface area contributed by atoms with E-state index in [9.17, 15) is 4.79 Å². The number of ether oxygens (including phenoxy) is 1. The molecule has 1 aromatic heterocycles. The lowest BCUT2D eigenvalue weighted by atomic mass is 10.0. The Balaban J connectivity index is 2.51. The number of rotatable bonds is 3. The highest BCUT2D eigenvalue weighted by molar-refractivity contribution is 6.33. The number of carbonyl (C=O) groups is 1. The van der Waals surface area contributed by atoms with Gasteiger partial charge in [0.05, 0.1) is 12.7 Å². The number of aromatic nitrogens is 1. The van der Waals surface area contributed by atoms with Gasteiger partial charge in [0.25, 0.3) is 0 Å². The summed E-state index contributed by atoms with van der Waals surface area (Å²) >= 11 is 6.09. The highest BCUT2D eigenvalue weighted by Gasteiger charge is 2.12. The Hall–Kier alpha value is -2.13. The first-order chi connectivity index (χ1) is 9.22. The van der Waals surface area contributed by atoms with Gasteiger partial charge in [0.15, 0.2) is 0 Å². The smallest absolute Gasteiger partial charge is 0.338 e. The van der Waals surface area contributed by atoms with Gasteiger partial charge in [-0.3, -0.25) is 4.98 Å². The number of methoxy groups -OCH3 is 1. The number of benzene rings is 1. The third-order valence-corrected chi connectivity index (χ3v) is 2.95. The monoisotopic (exact) mass is 273 g/mol. The zero-order valence-corrected chi connectivity index (χ0v) is 11.1. The number of hydrogen-bond donors (Lipinski definition) is 0. The Morgan fingerprint density at radius 1 is 1.21 bits per heavy atom. The van der Waals surface area contributed by atoms with Gasteiger partial charge in [-0.25, -0.2) is 4.79 Å². The molecule has 0 radical (unpaired) electrons. The van der Waals surface area contributed by atoms with Gasteiger partial charge in [-0.2, -0.15) is 0 Å². The largest absolute Gasteiger partial charge is 0.465 e. The van der Waals surface area contributed by atoms with Crippen molar-refractivity contribution in [3.63, 3.8) is 0 Å². The Morgan fingerprint density at radius 2 is 1.89 bits per heavy atom. The summed E-state index contributed by atoms with van der Waals surface area (Å²) in [4.78, 5) is 15.8. The second-order valence-corrected chi connectivity index (χ2v) is 4.21. The molecule has 0 aliphatic carbocycles. The van der Waals surface area contributed by atoms with Crippen molar-refractivity contribution in [3.8, 4) is 0 Å². The SMILES string of the molecule is COC(=O)C(=Cc1ccccc1Cl)c1ccncc1. The molecule has 3 nitrogen and oxygen atoms in total. The Kier molecular flexibility index (Phi) is 4.31. The van der Waals surface area contributed by atoms with Gasteiger partial charge < -0.3 is 4.74 Å². The van der Waals surface area contributed by atoms with Crippen LogP contribution in [0, 0.1) is 0 Å². The van der Waals surface area contributed by atoms with Crippen LogP contribution in [0.1, 0.15) is 11.1 Å². The summed E-state index contributed by atoms with van der Waals surface area (Å²) in [5, 5.41) is 0.581. The molecule has 0 saturated heterocycles. The van der Waals surface area contributed by atoms with E-state index in [4.69, 9.17) is 16.3 Å². The van der Waals surface area contributed by atoms with Crippen molar-refractivity contribution in [1.29, 1.82) is 0 Å². The fourth-order valence-electron chi connectivity index (χ4n) is 1.65. The van der Waals surface area contributed by atoms with Crippen molar-refractivity contribution >= 4 is 29.2 Å². The number of pyridine rings is 1. The number of esters is 1. The van der Waals surface area contributed by atoms with Crippen molar-refractivity contribution in [2.45, 2.75) is 0 Å². The van der Waals surface area contributed by atoms with E-state index in [0.717, 1.165) is 11.1 Å². The van der Waals surface area contributed by atoms with Crippen LogP contribution in [-0.2, 0) is 9.53 Å². The topological polar surface area (TPSA) is 39.2 Å². The molecular formula is C15H12ClNO2. The zero-order valence-electron chi connectivity index (χ0n) is 10.3. The first-order valence-corrected chi connectivity index (χ1v) is 6.05. The molecular weight excluding hydrogens is 262 g/mol. The minimum atomic E-state index is -0.411. The molecule has 1 heterocycles. The first kappa shape index (κ1) is 13.3. The predicted molar refractivity (Wildman–Crippen MR) is 75.6 cm³/mol. The minimum Gasteiger partial charge on any atom is -0.465 e. The Labute approximate surface area is 116 Å². The van der Waals surface area contributed by atoms with Crippen molar-refractivity contribution < 1.29 is 9.53 Å². The molecule has 0 fully saturated rings. The molecule has 0 unspecified atom stereocenters. The van der Waals surface area contributed by atoms with Crippen molar-refractivity contribution in [3.05, 3.63) is 64.9 Å². The van der Waals surface area contributed by atoms with Crippen LogP contribution in [0.15, 0.2) is 48.8 Å². The van der Waals surface area contributed by atoms with E-state index in [0.29, 0.717) is 10.6 Å². The number of nitrogens with zero attached hydrogens (tertiary/aromatic N) is 1. The van der Waals surface area contributed by atoms with Gasteiger partial charge in [-0.15, -0.1) is 0 Å². The maximum absolute atomic E-state index is 11.9. The number of carbonyl (C=O) groups excluding carboxylic acids is 1. The summed E-state index contributed by atoms with van der Waals surface area (Å²) in [7, 11) is 1.35. The molecule has 1 aromatic carbocycles. The molecule has 2 aromatic rings. The van der Waals surface area contributed by atoms with Crippen LogP contribution in [0.5, 0.6) is 0 Å². The van der Waals surface area contributed by atoms with Crippen LogP contribution in [0.4, 0.5) is 0 Å². The van der Waals surface area contributed by atoms with Crippen LogP contribution in [0.3, 0.4) is 0 Å².